The molecule has 1 aliphatic carbocycles. The topological polar surface area (TPSA) is 23.6 Å². The third kappa shape index (κ3) is 5.93. The predicted octanol–water partition coefficient (Wildman–Crippen LogP) is 4.90. The highest BCUT2D eigenvalue weighted by Gasteiger charge is 2.40. The average Bonchev–Trinajstić information content (AvgIpc) is 3.55. The van der Waals surface area contributed by atoms with Crippen molar-refractivity contribution >= 4 is 18.4 Å². The van der Waals surface area contributed by atoms with Crippen LogP contribution in [0.3, 0.4) is 0 Å². The van der Waals surface area contributed by atoms with Gasteiger partial charge in [-0.1, -0.05) is 38.1 Å². The van der Waals surface area contributed by atoms with Crippen LogP contribution in [0.2, 0.25) is 0 Å². The minimum atomic E-state index is -0.477. The molecule has 0 bridgehead atoms. The first kappa shape index (κ1) is 22.5. The molecule has 0 spiro atoms. The minimum absolute atomic E-state index is 0.102. The standard InChI is InChI=1S/C24H35FN2OS/c1-3-13-26(14-4-2)15-11-19-17-27(16-12-22(19)29)23(24(28)18-9-10-18)20-7-5-6-8-21(20)25/h5-8,11,18,22-23,29H,3-4,9-10,12-17H2,1-2H3/b19-11+. The van der Waals surface area contributed by atoms with E-state index in [2.05, 4.69) is 29.7 Å². The summed E-state index contributed by atoms with van der Waals surface area (Å²) in [5.74, 6) is 0.0121. The largest absolute Gasteiger partial charge is 0.300 e. The predicted molar refractivity (Wildman–Crippen MR) is 121 cm³/mol. The van der Waals surface area contributed by atoms with Crippen LogP contribution in [0.4, 0.5) is 4.39 Å². The maximum Gasteiger partial charge on any atom is 0.157 e. The number of thiol groups is 1. The molecule has 0 radical (unpaired) electrons. The molecule has 1 aliphatic heterocycles. The van der Waals surface area contributed by atoms with Gasteiger partial charge in [-0.05, 0) is 56.8 Å². The average molecular weight is 419 g/mol. The number of rotatable bonds is 10. The van der Waals surface area contributed by atoms with Crippen LogP contribution in [-0.2, 0) is 4.79 Å². The van der Waals surface area contributed by atoms with Crippen LogP contribution in [0.15, 0.2) is 35.9 Å². The number of hydrogen-bond donors (Lipinski definition) is 1. The highest BCUT2D eigenvalue weighted by atomic mass is 32.1. The van der Waals surface area contributed by atoms with Crippen molar-refractivity contribution in [2.75, 3.05) is 32.7 Å². The van der Waals surface area contributed by atoms with Gasteiger partial charge in [-0.3, -0.25) is 14.6 Å². The van der Waals surface area contributed by atoms with Gasteiger partial charge in [0.25, 0.3) is 0 Å². The Morgan fingerprint density at radius 3 is 2.55 bits per heavy atom. The van der Waals surface area contributed by atoms with Crippen LogP contribution >= 0.6 is 12.6 Å². The lowest BCUT2D eigenvalue weighted by molar-refractivity contribution is -0.126. The lowest BCUT2D eigenvalue weighted by Gasteiger charge is -2.38. The number of carbonyl (C=O) groups excluding carboxylic acids is 1. The van der Waals surface area contributed by atoms with Crippen LogP contribution in [0, 0.1) is 11.7 Å². The molecule has 3 nitrogen and oxygen atoms in total. The quantitative estimate of drug-likeness (QED) is 0.432. The molecule has 1 heterocycles. The molecule has 0 N–H and O–H groups in total. The number of benzene rings is 1. The van der Waals surface area contributed by atoms with Crippen molar-refractivity contribution in [2.24, 2.45) is 5.92 Å². The zero-order chi connectivity index (χ0) is 20.8. The molecule has 2 atom stereocenters. The van der Waals surface area contributed by atoms with E-state index in [0.29, 0.717) is 12.1 Å². The monoisotopic (exact) mass is 418 g/mol. The van der Waals surface area contributed by atoms with E-state index in [9.17, 15) is 9.18 Å². The van der Waals surface area contributed by atoms with Gasteiger partial charge in [0.1, 0.15) is 5.82 Å². The number of carbonyl (C=O) groups is 1. The van der Waals surface area contributed by atoms with E-state index in [4.69, 9.17) is 12.6 Å². The van der Waals surface area contributed by atoms with Crippen molar-refractivity contribution < 1.29 is 9.18 Å². The lowest BCUT2D eigenvalue weighted by atomic mass is 9.93. The molecule has 3 rings (SSSR count). The number of halogens is 1. The van der Waals surface area contributed by atoms with Gasteiger partial charge in [-0.25, -0.2) is 4.39 Å². The van der Waals surface area contributed by atoms with E-state index in [0.717, 1.165) is 58.3 Å². The third-order valence-corrected chi connectivity index (χ3v) is 6.60. The summed E-state index contributed by atoms with van der Waals surface area (Å²) in [5, 5.41) is 0.216. The second-order valence-electron chi connectivity index (χ2n) is 8.46. The number of likely N-dealkylation sites (tertiary alicyclic amines) is 1. The summed E-state index contributed by atoms with van der Waals surface area (Å²) in [6.45, 7) is 8.99. The summed E-state index contributed by atoms with van der Waals surface area (Å²) in [5.41, 5.74) is 1.79. The van der Waals surface area contributed by atoms with Crippen LogP contribution in [-0.4, -0.2) is 53.6 Å². The summed E-state index contributed by atoms with van der Waals surface area (Å²) >= 11 is 4.81. The van der Waals surface area contributed by atoms with Crippen molar-refractivity contribution in [3.63, 3.8) is 0 Å². The van der Waals surface area contributed by atoms with E-state index < -0.39 is 6.04 Å². The normalized spacial score (nSPS) is 22.9. The molecule has 2 unspecified atom stereocenters. The molecule has 1 saturated heterocycles. The van der Waals surface area contributed by atoms with Gasteiger partial charge in [0, 0.05) is 36.4 Å². The Hall–Kier alpha value is -1.17. The first-order chi connectivity index (χ1) is 14.0. The van der Waals surface area contributed by atoms with Crippen molar-refractivity contribution in [3.8, 4) is 0 Å². The molecule has 0 aromatic heterocycles. The van der Waals surface area contributed by atoms with Gasteiger partial charge in [-0.15, -0.1) is 0 Å². The van der Waals surface area contributed by atoms with Gasteiger partial charge in [0.05, 0.1) is 6.04 Å². The number of hydrogen-bond acceptors (Lipinski definition) is 4. The van der Waals surface area contributed by atoms with E-state index in [1.165, 1.54) is 11.6 Å². The molecule has 1 saturated carbocycles. The first-order valence-electron chi connectivity index (χ1n) is 11.2. The number of Topliss-reactive ketones (excluding diaryl/α,β-unsaturated/α-hetero) is 1. The number of piperidine rings is 1. The zero-order valence-electron chi connectivity index (χ0n) is 17.8. The number of ketones is 1. The molecule has 2 aliphatic rings. The van der Waals surface area contributed by atoms with E-state index >= 15 is 0 Å². The second kappa shape index (κ2) is 10.7. The maximum absolute atomic E-state index is 14.6. The fourth-order valence-corrected chi connectivity index (χ4v) is 4.61. The van der Waals surface area contributed by atoms with Gasteiger partial charge in [0.2, 0.25) is 0 Å². The first-order valence-corrected chi connectivity index (χ1v) is 11.7. The van der Waals surface area contributed by atoms with Crippen molar-refractivity contribution in [3.05, 3.63) is 47.3 Å². The summed E-state index contributed by atoms with van der Waals surface area (Å²) in [4.78, 5) is 17.8. The molecule has 1 aromatic carbocycles. The van der Waals surface area contributed by atoms with Crippen LogP contribution in [0.25, 0.3) is 0 Å². The minimum Gasteiger partial charge on any atom is -0.300 e. The fraction of sp³-hybridized carbons (Fsp3) is 0.625. The molecule has 1 aromatic rings. The van der Waals surface area contributed by atoms with E-state index in [1.807, 2.05) is 6.07 Å². The molecular weight excluding hydrogens is 383 g/mol. The highest BCUT2D eigenvalue weighted by molar-refractivity contribution is 7.81. The molecule has 5 heteroatoms. The summed E-state index contributed by atoms with van der Waals surface area (Å²) in [6, 6.07) is 6.30. The van der Waals surface area contributed by atoms with E-state index in [-0.39, 0.29) is 22.8 Å². The fourth-order valence-electron chi connectivity index (χ4n) is 4.30. The summed E-state index contributed by atoms with van der Waals surface area (Å²) in [6.07, 6.45) is 7.36. The Kier molecular flexibility index (Phi) is 8.34. The molecular formula is C24H35FN2OS. The maximum atomic E-state index is 14.6. The van der Waals surface area contributed by atoms with Crippen molar-refractivity contribution in [2.45, 2.75) is 57.2 Å². The lowest BCUT2D eigenvalue weighted by Crippen LogP contribution is -2.43. The van der Waals surface area contributed by atoms with Crippen LogP contribution in [0.1, 0.15) is 57.6 Å². The van der Waals surface area contributed by atoms with Gasteiger partial charge in [0.15, 0.2) is 5.78 Å². The van der Waals surface area contributed by atoms with Gasteiger partial charge in [-0.2, -0.15) is 12.6 Å². The molecule has 0 amide bonds. The van der Waals surface area contributed by atoms with Gasteiger partial charge >= 0.3 is 0 Å². The van der Waals surface area contributed by atoms with Crippen LogP contribution in [0.5, 0.6) is 0 Å². The van der Waals surface area contributed by atoms with E-state index in [1.54, 1.807) is 12.1 Å². The Morgan fingerprint density at radius 2 is 1.93 bits per heavy atom. The smallest absolute Gasteiger partial charge is 0.157 e. The van der Waals surface area contributed by atoms with Crippen molar-refractivity contribution in [1.82, 2.24) is 9.80 Å². The molecule has 2 fully saturated rings. The Bertz CT molecular complexity index is 713. The van der Waals surface area contributed by atoms with Gasteiger partial charge < -0.3 is 0 Å². The second-order valence-corrected chi connectivity index (χ2v) is 9.08. The Balaban J connectivity index is 1.79. The summed E-state index contributed by atoms with van der Waals surface area (Å²) in [7, 11) is 0. The SMILES string of the molecule is CCCN(C/C=C1\CN(C(C(=O)C2CC2)c2ccccc2F)CCC1S)CCC. The number of nitrogens with zero attached hydrogens (tertiary/aromatic N) is 2. The Morgan fingerprint density at radius 1 is 1.24 bits per heavy atom. The van der Waals surface area contributed by atoms with Crippen LogP contribution < -0.4 is 0 Å². The zero-order valence-corrected chi connectivity index (χ0v) is 18.7. The highest BCUT2D eigenvalue weighted by Crippen LogP contribution is 2.39. The summed E-state index contributed by atoms with van der Waals surface area (Å²) < 4.78 is 14.6. The third-order valence-electron chi connectivity index (χ3n) is 6.01. The molecule has 29 heavy (non-hydrogen) atoms. The van der Waals surface area contributed by atoms with Crippen molar-refractivity contribution in [1.29, 1.82) is 0 Å². The molecule has 160 valence electrons. The Labute approximate surface area is 180 Å².